The lowest BCUT2D eigenvalue weighted by atomic mass is 9.89. The second-order valence-corrected chi connectivity index (χ2v) is 4.02. The zero-order valence-corrected chi connectivity index (χ0v) is 9.40. The highest BCUT2D eigenvalue weighted by atomic mass is 16.3. The average molecular weight is 213 g/mol. The molecule has 82 valence electrons. The van der Waals surface area contributed by atoms with Crippen LogP contribution in [-0.4, -0.2) is 5.11 Å². The van der Waals surface area contributed by atoms with Gasteiger partial charge in [-0.3, -0.25) is 0 Å². The fourth-order valence-electron chi connectivity index (χ4n) is 1.60. The van der Waals surface area contributed by atoms with Crippen molar-refractivity contribution in [3.05, 3.63) is 35.4 Å². The summed E-state index contributed by atoms with van der Waals surface area (Å²) in [4.78, 5) is 0. The van der Waals surface area contributed by atoms with E-state index in [1.54, 1.807) is 25.1 Å². The molecular weight excluding hydrogens is 198 g/mol. The summed E-state index contributed by atoms with van der Waals surface area (Å²) in [5.74, 6) is 2.55. The summed E-state index contributed by atoms with van der Waals surface area (Å²) < 4.78 is 0. The van der Waals surface area contributed by atoms with Gasteiger partial charge in [-0.1, -0.05) is 12.1 Å². The summed E-state index contributed by atoms with van der Waals surface area (Å²) in [6.45, 7) is 1.75. The number of nitrogens with zero attached hydrogens (tertiary/aromatic N) is 1. The number of hydrogen-bond donors (Lipinski definition) is 1. The summed E-state index contributed by atoms with van der Waals surface area (Å²) in [5, 5.41) is 19.0. The van der Waals surface area contributed by atoms with Crippen molar-refractivity contribution in [3.8, 4) is 18.4 Å². The maximum atomic E-state index is 10.3. The number of rotatable bonds is 4. The average Bonchev–Trinajstić information content (AvgIpc) is 2.29. The Labute approximate surface area is 96.5 Å². The van der Waals surface area contributed by atoms with Gasteiger partial charge in [0, 0.05) is 6.42 Å². The van der Waals surface area contributed by atoms with Crippen LogP contribution in [0.5, 0.6) is 0 Å². The molecule has 0 aliphatic rings. The third-order valence-electron chi connectivity index (χ3n) is 2.60. The van der Waals surface area contributed by atoms with Crippen LogP contribution in [0, 0.1) is 23.7 Å². The van der Waals surface area contributed by atoms with Gasteiger partial charge in [-0.2, -0.15) is 5.26 Å². The van der Waals surface area contributed by atoms with Crippen LogP contribution in [0.2, 0.25) is 0 Å². The Bertz CT molecular complexity index is 435. The summed E-state index contributed by atoms with van der Waals surface area (Å²) in [5.41, 5.74) is 0.419. The number of hydrogen-bond acceptors (Lipinski definition) is 2. The van der Waals surface area contributed by atoms with E-state index in [9.17, 15) is 5.11 Å². The minimum Gasteiger partial charge on any atom is -0.385 e. The molecular formula is C14H15NO. The minimum atomic E-state index is -0.913. The summed E-state index contributed by atoms with van der Waals surface area (Å²) >= 11 is 0. The van der Waals surface area contributed by atoms with Gasteiger partial charge in [0.25, 0.3) is 0 Å². The minimum absolute atomic E-state index is 0.565. The van der Waals surface area contributed by atoms with Crippen molar-refractivity contribution >= 4 is 0 Å². The molecule has 1 aromatic rings. The van der Waals surface area contributed by atoms with E-state index < -0.39 is 5.60 Å². The molecule has 16 heavy (non-hydrogen) atoms. The van der Waals surface area contributed by atoms with Gasteiger partial charge in [0.1, 0.15) is 0 Å². The van der Waals surface area contributed by atoms with Gasteiger partial charge >= 0.3 is 0 Å². The molecule has 0 radical (unpaired) electrons. The van der Waals surface area contributed by atoms with Crippen LogP contribution in [-0.2, 0) is 5.60 Å². The molecule has 0 amide bonds. The van der Waals surface area contributed by atoms with Gasteiger partial charge < -0.3 is 5.11 Å². The Hall–Kier alpha value is -1.77. The molecule has 0 aromatic heterocycles. The highest BCUT2D eigenvalue weighted by molar-refractivity contribution is 5.35. The smallest absolute Gasteiger partial charge is 0.0991 e. The Morgan fingerprint density at radius 2 is 2.25 bits per heavy atom. The van der Waals surface area contributed by atoms with Gasteiger partial charge in [-0.15, -0.1) is 12.3 Å². The van der Waals surface area contributed by atoms with Crippen molar-refractivity contribution in [2.75, 3.05) is 0 Å². The molecule has 0 bridgehead atoms. The number of aliphatic hydroxyl groups is 1. The molecule has 0 heterocycles. The van der Waals surface area contributed by atoms with Crippen LogP contribution < -0.4 is 0 Å². The first kappa shape index (κ1) is 12.3. The van der Waals surface area contributed by atoms with E-state index in [2.05, 4.69) is 12.0 Å². The molecule has 0 saturated heterocycles. The normalized spacial score (nSPS) is 13.5. The fourth-order valence-corrected chi connectivity index (χ4v) is 1.60. The molecule has 0 spiro atoms. The Morgan fingerprint density at radius 3 is 2.88 bits per heavy atom. The van der Waals surface area contributed by atoms with Gasteiger partial charge in [0.05, 0.1) is 17.2 Å². The van der Waals surface area contributed by atoms with E-state index in [0.29, 0.717) is 18.4 Å². The number of unbranched alkanes of at least 4 members (excludes halogenated alkanes) is 1. The largest absolute Gasteiger partial charge is 0.385 e. The molecule has 1 rings (SSSR count). The fraction of sp³-hybridized carbons (Fsp3) is 0.357. The van der Waals surface area contributed by atoms with Crippen molar-refractivity contribution in [1.29, 1.82) is 5.26 Å². The van der Waals surface area contributed by atoms with Crippen LogP contribution in [0.15, 0.2) is 24.3 Å². The molecule has 2 nitrogen and oxygen atoms in total. The molecule has 2 heteroatoms. The molecule has 1 atom stereocenters. The van der Waals surface area contributed by atoms with Crippen LogP contribution in [0.1, 0.15) is 37.3 Å². The number of nitriles is 1. The van der Waals surface area contributed by atoms with Gasteiger partial charge in [-0.25, -0.2) is 0 Å². The van der Waals surface area contributed by atoms with E-state index in [0.717, 1.165) is 12.0 Å². The molecule has 0 aliphatic carbocycles. The highest BCUT2D eigenvalue weighted by Gasteiger charge is 2.22. The SMILES string of the molecule is C#CCCCC(C)(O)c1cccc(C#N)c1. The van der Waals surface area contributed by atoms with E-state index in [1.165, 1.54) is 0 Å². The molecule has 1 aromatic carbocycles. The van der Waals surface area contributed by atoms with E-state index in [1.807, 2.05) is 6.07 Å². The number of terminal acetylenes is 1. The van der Waals surface area contributed by atoms with Crippen LogP contribution >= 0.6 is 0 Å². The molecule has 1 unspecified atom stereocenters. The second kappa shape index (κ2) is 5.35. The predicted molar refractivity (Wildman–Crippen MR) is 63.4 cm³/mol. The Morgan fingerprint density at radius 1 is 1.50 bits per heavy atom. The van der Waals surface area contributed by atoms with Crippen molar-refractivity contribution in [2.24, 2.45) is 0 Å². The summed E-state index contributed by atoms with van der Waals surface area (Å²) in [6.07, 6.45) is 7.21. The van der Waals surface area contributed by atoms with E-state index >= 15 is 0 Å². The lowest BCUT2D eigenvalue weighted by Gasteiger charge is -2.23. The molecule has 1 N–H and O–H groups in total. The van der Waals surface area contributed by atoms with Gasteiger partial charge in [0.15, 0.2) is 0 Å². The first-order chi connectivity index (χ1) is 7.60. The standard InChI is InChI=1S/C14H15NO/c1-3-4-5-9-14(2,16)13-8-6-7-12(10-13)11-15/h1,6-8,10,16H,4-5,9H2,2H3. The Kier molecular flexibility index (Phi) is 4.11. The van der Waals surface area contributed by atoms with Crippen LogP contribution in [0.25, 0.3) is 0 Å². The zero-order valence-electron chi connectivity index (χ0n) is 9.40. The predicted octanol–water partition coefficient (Wildman–Crippen LogP) is 2.57. The lowest BCUT2D eigenvalue weighted by molar-refractivity contribution is 0.0460. The summed E-state index contributed by atoms with van der Waals surface area (Å²) in [6, 6.07) is 9.12. The summed E-state index contributed by atoms with van der Waals surface area (Å²) in [7, 11) is 0. The highest BCUT2D eigenvalue weighted by Crippen LogP contribution is 2.26. The van der Waals surface area contributed by atoms with Gasteiger partial charge in [-0.05, 0) is 37.5 Å². The quantitative estimate of drug-likeness (QED) is 0.617. The first-order valence-corrected chi connectivity index (χ1v) is 5.26. The second-order valence-electron chi connectivity index (χ2n) is 4.02. The maximum absolute atomic E-state index is 10.3. The van der Waals surface area contributed by atoms with Crippen LogP contribution in [0.4, 0.5) is 0 Å². The van der Waals surface area contributed by atoms with E-state index in [4.69, 9.17) is 11.7 Å². The third kappa shape index (κ3) is 3.12. The lowest BCUT2D eigenvalue weighted by Crippen LogP contribution is -2.20. The first-order valence-electron chi connectivity index (χ1n) is 5.26. The maximum Gasteiger partial charge on any atom is 0.0991 e. The van der Waals surface area contributed by atoms with E-state index in [-0.39, 0.29) is 0 Å². The van der Waals surface area contributed by atoms with Crippen molar-refractivity contribution in [3.63, 3.8) is 0 Å². The van der Waals surface area contributed by atoms with Crippen molar-refractivity contribution in [2.45, 2.75) is 31.8 Å². The number of benzene rings is 1. The zero-order chi connectivity index (χ0) is 12.0. The van der Waals surface area contributed by atoms with Crippen molar-refractivity contribution in [1.82, 2.24) is 0 Å². The Balaban J connectivity index is 2.81. The molecule has 0 fully saturated rings. The van der Waals surface area contributed by atoms with Crippen molar-refractivity contribution < 1.29 is 5.11 Å². The monoisotopic (exact) mass is 213 g/mol. The van der Waals surface area contributed by atoms with Gasteiger partial charge in [0.2, 0.25) is 0 Å². The topological polar surface area (TPSA) is 44.0 Å². The van der Waals surface area contributed by atoms with Crippen LogP contribution in [0.3, 0.4) is 0 Å². The molecule has 0 saturated carbocycles. The third-order valence-corrected chi connectivity index (χ3v) is 2.60. The molecule has 0 aliphatic heterocycles.